The zero-order valence-corrected chi connectivity index (χ0v) is 16.7. The van der Waals surface area contributed by atoms with E-state index >= 15 is 0 Å². The first kappa shape index (κ1) is 21.8. The second-order valence-electron chi connectivity index (χ2n) is 6.44. The normalized spacial score (nSPS) is 12.1. The molecule has 1 aromatic heterocycles. The third-order valence-electron chi connectivity index (χ3n) is 4.26. The van der Waals surface area contributed by atoms with Crippen molar-refractivity contribution < 1.29 is 26.3 Å². The van der Waals surface area contributed by atoms with Crippen molar-refractivity contribution in [3.05, 3.63) is 72.8 Å². The molecule has 0 aliphatic heterocycles. The van der Waals surface area contributed by atoms with Gasteiger partial charge in [-0.2, -0.15) is 13.2 Å². The van der Waals surface area contributed by atoms with Gasteiger partial charge in [0.25, 0.3) is 0 Å². The van der Waals surface area contributed by atoms with Crippen molar-refractivity contribution in [1.29, 1.82) is 0 Å². The van der Waals surface area contributed by atoms with E-state index in [1.54, 1.807) is 12.5 Å². The van der Waals surface area contributed by atoms with Crippen LogP contribution in [0.25, 0.3) is 5.69 Å². The van der Waals surface area contributed by atoms with E-state index in [0.29, 0.717) is 25.2 Å². The molecular formula is C20H20F3N3O3S. The van der Waals surface area contributed by atoms with Crippen LogP contribution in [-0.4, -0.2) is 31.1 Å². The summed E-state index contributed by atoms with van der Waals surface area (Å²) < 4.78 is 71.9. The Labute approximate surface area is 172 Å². The maximum Gasteiger partial charge on any atom is 0.416 e. The predicted octanol–water partition coefficient (Wildman–Crippen LogP) is 4.03. The Hall–Kier alpha value is -2.85. The summed E-state index contributed by atoms with van der Waals surface area (Å²) in [5, 5.41) is 0. The molecule has 10 heteroatoms. The summed E-state index contributed by atoms with van der Waals surface area (Å²) in [6, 6.07) is 10.9. The number of ether oxygens (including phenoxy) is 1. The minimum absolute atomic E-state index is 0.159. The van der Waals surface area contributed by atoms with Gasteiger partial charge in [-0.1, -0.05) is 0 Å². The van der Waals surface area contributed by atoms with E-state index < -0.39 is 21.8 Å². The second kappa shape index (κ2) is 9.31. The summed E-state index contributed by atoms with van der Waals surface area (Å²) in [5.74, 6) is 0.698. The van der Waals surface area contributed by atoms with Crippen LogP contribution in [0.4, 0.5) is 13.2 Å². The number of hydrogen-bond acceptors (Lipinski definition) is 4. The van der Waals surface area contributed by atoms with E-state index in [4.69, 9.17) is 4.74 Å². The van der Waals surface area contributed by atoms with Crippen LogP contribution >= 0.6 is 0 Å². The van der Waals surface area contributed by atoms with E-state index in [2.05, 4.69) is 9.71 Å². The number of hydrogen-bond donors (Lipinski definition) is 1. The van der Waals surface area contributed by atoms with Gasteiger partial charge in [-0.05, 0) is 61.4 Å². The van der Waals surface area contributed by atoms with Crippen LogP contribution in [0.5, 0.6) is 5.75 Å². The first-order valence-electron chi connectivity index (χ1n) is 9.14. The number of rotatable bonds is 9. The number of halogens is 3. The molecular weight excluding hydrogens is 419 g/mol. The molecule has 0 unspecified atom stereocenters. The highest BCUT2D eigenvalue weighted by molar-refractivity contribution is 7.89. The molecule has 3 rings (SSSR count). The number of imidazole rings is 1. The SMILES string of the molecule is O=S(=O)(NCCCCOc1ccc(-n2ccnc2)cc1)c1ccc(C(F)(F)F)cc1. The van der Waals surface area contributed by atoms with Gasteiger partial charge in [0.15, 0.2) is 0 Å². The molecule has 0 radical (unpaired) electrons. The van der Waals surface area contributed by atoms with Crippen molar-refractivity contribution in [2.45, 2.75) is 23.9 Å². The van der Waals surface area contributed by atoms with E-state index in [0.717, 1.165) is 30.0 Å². The number of aromatic nitrogens is 2. The van der Waals surface area contributed by atoms with Crippen LogP contribution in [0.15, 0.2) is 72.1 Å². The molecule has 0 amide bonds. The molecule has 0 fully saturated rings. The van der Waals surface area contributed by atoms with Crippen molar-refractivity contribution >= 4 is 10.0 Å². The van der Waals surface area contributed by atoms with Crippen LogP contribution in [0.3, 0.4) is 0 Å². The average Bonchev–Trinajstić information content (AvgIpc) is 3.25. The molecule has 0 spiro atoms. The third-order valence-corrected chi connectivity index (χ3v) is 5.74. The minimum atomic E-state index is -4.50. The highest BCUT2D eigenvalue weighted by atomic mass is 32.2. The fourth-order valence-corrected chi connectivity index (χ4v) is 3.73. The van der Waals surface area contributed by atoms with Crippen molar-refractivity contribution in [3.8, 4) is 11.4 Å². The summed E-state index contributed by atoms with van der Waals surface area (Å²) in [6.45, 7) is 0.568. The molecule has 0 aliphatic rings. The van der Waals surface area contributed by atoms with Gasteiger partial charge in [0.05, 0.1) is 23.4 Å². The number of sulfonamides is 1. The van der Waals surface area contributed by atoms with E-state index in [1.165, 1.54) is 0 Å². The lowest BCUT2D eigenvalue weighted by Gasteiger charge is -2.10. The third kappa shape index (κ3) is 5.83. The molecule has 160 valence electrons. The van der Waals surface area contributed by atoms with Gasteiger partial charge < -0.3 is 9.30 Å². The van der Waals surface area contributed by atoms with Crippen LogP contribution in [-0.2, 0) is 16.2 Å². The maximum absolute atomic E-state index is 12.6. The second-order valence-corrected chi connectivity index (χ2v) is 8.21. The molecule has 1 N–H and O–H groups in total. The van der Waals surface area contributed by atoms with Crippen molar-refractivity contribution in [2.75, 3.05) is 13.2 Å². The zero-order chi connectivity index (χ0) is 21.6. The van der Waals surface area contributed by atoms with E-state index in [1.807, 2.05) is 35.0 Å². The number of unbranched alkanes of at least 4 members (excludes halogenated alkanes) is 1. The lowest BCUT2D eigenvalue weighted by Crippen LogP contribution is -2.25. The Bertz CT molecular complexity index is 1030. The summed E-state index contributed by atoms with van der Waals surface area (Å²) >= 11 is 0. The number of alkyl halides is 3. The smallest absolute Gasteiger partial charge is 0.416 e. The van der Waals surface area contributed by atoms with Crippen LogP contribution in [0.1, 0.15) is 18.4 Å². The topological polar surface area (TPSA) is 73.2 Å². The van der Waals surface area contributed by atoms with Crippen molar-refractivity contribution in [1.82, 2.24) is 14.3 Å². The summed E-state index contributed by atoms with van der Waals surface area (Å²) in [4.78, 5) is 3.78. The molecule has 0 saturated heterocycles. The number of nitrogens with zero attached hydrogens (tertiary/aromatic N) is 2. The first-order valence-corrected chi connectivity index (χ1v) is 10.6. The Balaban J connectivity index is 1.39. The largest absolute Gasteiger partial charge is 0.494 e. The molecule has 3 aromatic rings. The van der Waals surface area contributed by atoms with Gasteiger partial charge in [0.2, 0.25) is 10.0 Å². The fourth-order valence-electron chi connectivity index (χ4n) is 2.66. The van der Waals surface area contributed by atoms with Gasteiger partial charge in [-0.3, -0.25) is 0 Å². The Kier molecular flexibility index (Phi) is 6.78. The minimum Gasteiger partial charge on any atom is -0.494 e. The lowest BCUT2D eigenvalue weighted by atomic mass is 10.2. The van der Waals surface area contributed by atoms with Crippen molar-refractivity contribution in [3.63, 3.8) is 0 Å². The molecule has 2 aromatic carbocycles. The lowest BCUT2D eigenvalue weighted by molar-refractivity contribution is -0.137. The molecule has 1 heterocycles. The predicted molar refractivity (Wildman–Crippen MR) is 105 cm³/mol. The molecule has 0 bridgehead atoms. The van der Waals surface area contributed by atoms with E-state index in [9.17, 15) is 21.6 Å². The van der Waals surface area contributed by atoms with Crippen LogP contribution < -0.4 is 9.46 Å². The molecule has 0 aliphatic carbocycles. The van der Waals surface area contributed by atoms with Gasteiger partial charge >= 0.3 is 6.18 Å². The van der Waals surface area contributed by atoms with Crippen LogP contribution in [0.2, 0.25) is 0 Å². The molecule has 30 heavy (non-hydrogen) atoms. The van der Waals surface area contributed by atoms with Gasteiger partial charge in [0, 0.05) is 24.6 Å². The maximum atomic E-state index is 12.6. The molecule has 0 atom stereocenters. The van der Waals surface area contributed by atoms with Gasteiger partial charge in [0.1, 0.15) is 5.75 Å². The standard InChI is InChI=1S/C20H20F3N3O3S/c21-20(22,23)16-3-9-19(10-4-16)30(27,28)25-11-1-2-14-29-18-7-5-17(6-8-18)26-13-12-24-15-26/h3-10,12-13,15,25H,1-2,11,14H2. The quantitative estimate of drug-likeness (QED) is 0.511. The highest BCUT2D eigenvalue weighted by Crippen LogP contribution is 2.29. The number of benzene rings is 2. The summed E-state index contributed by atoms with van der Waals surface area (Å²) in [7, 11) is -3.85. The average molecular weight is 439 g/mol. The highest BCUT2D eigenvalue weighted by Gasteiger charge is 2.30. The summed E-state index contributed by atoms with van der Waals surface area (Å²) in [6.07, 6.45) is 1.85. The number of nitrogens with one attached hydrogen (secondary N) is 1. The Morgan fingerprint density at radius 1 is 1.00 bits per heavy atom. The molecule has 0 saturated carbocycles. The van der Waals surface area contributed by atoms with Gasteiger partial charge in [-0.15, -0.1) is 0 Å². The summed E-state index contributed by atoms with van der Waals surface area (Å²) in [5.41, 5.74) is 0.0641. The zero-order valence-electron chi connectivity index (χ0n) is 15.8. The Morgan fingerprint density at radius 3 is 2.30 bits per heavy atom. The Morgan fingerprint density at radius 2 is 1.70 bits per heavy atom. The first-order chi connectivity index (χ1) is 14.3. The van der Waals surface area contributed by atoms with E-state index in [-0.39, 0.29) is 11.4 Å². The van der Waals surface area contributed by atoms with Crippen LogP contribution in [0, 0.1) is 0 Å². The van der Waals surface area contributed by atoms with Gasteiger partial charge in [-0.25, -0.2) is 18.1 Å². The fraction of sp³-hybridized carbons (Fsp3) is 0.250. The molecule has 6 nitrogen and oxygen atoms in total. The monoisotopic (exact) mass is 439 g/mol. The van der Waals surface area contributed by atoms with Crippen molar-refractivity contribution in [2.24, 2.45) is 0 Å².